The number of hydrogen-bond acceptors (Lipinski definition) is 3. The number of rotatable bonds is 2. The molecule has 0 radical (unpaired) electrons. The molecule has 1 unspecified atom stereocenters. The number of piperidine rings is 1. The van der Waals surface area contributed by atoms with Crippen LogP contribution >= 0.6 is 0 Å². The topological polar surface area (TPSA) is 36.4 Å². The molecule has 16 heavy (non-hydrogen) atoms. The first-order valence-electron chi connectivity index (χ1n) is 5.90. The minimum absolute atomic E-state index is 0.0843. The molecule has 88 valence electrons. The molecular formula is C13H20N2O. The summed E-state index contributed by atoms with van der Waals surface area (Å²) >= 11 is 0. The van der Waals surface area contributed by atoms with Gasteiger partial charge in [0.1, 0.15) is 0 Å². The fourth-order valence-corrected chi connectivity index (χ4v) is 2.42. The predicted molar refractivity (Wildman–Crippen MR) is 64.0 cm³/mol. The van der Waals surface area contributed by atoms with Crippen molar-refractivity contribution >= 4 is 0 Å². The zero-order chi connectivity index (χ0) is 11.6. The Bertz CT molecular complexity index is 337. The number of pyridine rings is 1. The van der Waals surface area contributed by atoms with Gasteiger partial charge >= 0.3 is 0 Å². The molecule has 3 heteroatoms. The lowest BCUT2D eigenvalue weighted by Gasteiger charge is -2.44. The normalized spacial score (nSPS) is 25.6. The van der Waals surface area contributed by atoms with Crippen molar-refractivity contribution in [3.05, 3.63) is 30.1 Å². The standard InChI is InChI=1S/C13H20N2O/c1-13(2)9-12(16)5-8-15(13)10-11-3-6-14-7-4-11/h3-4,6-7,12,16H,5,8-10H2,1-2H3. The van der Waals surface area contributed by atoms with Crippen LogP contribution in [0, 0.1) is 0 Å². The summed E-state index contributed by atoms with van der Waals surface area (Å²) < 4.78 is 0. The lowest BCUT2D eigenvalue weighted by molar-refractivity contribution is -0.00718. The molecular weight excluding hydrogens is 200 g/mol. The molecule has 3 nitrogen and oxygen atoms in total. The number of likely N-dealkylation sites (tertiary alicyclic amines) is 1. The summed E-state index contributed by atoms with van der Waals surface area (Å²) in [5.74, 6) is 0. The number of aliphatic hydroxyl groups excluding tert-OH is 1. The maximum atomic E-state index is 9.69. The van der Waals surface area contributed by atoms with E-state index in [1.165, 1.54) is 5.56 Å². The van der Waals surface area contributed by atoms with Crippen molar-refractivity contribution in [2.75, 3.05) is 6.54 Å². The smallest absolute Gasteiger partial charge is 0.0569 e. The van der Waals surface area contributed by atoms with Crippen molar-refractivity contribution in [3.8, 4) is 0 Å². The van der Waals surface area contributed by atoms with E-state index in [9.17, 15) is 5.11 Å². The summed E-state index contributed by atoms with van der Waals surface area (Å²) in [5.41, 5.74) is 1.38. The molecule has 1 aliphatic rings. The molecule has 1 fully saturated rings. The first-order chi connectivity index (χ1) is 7.58. The quantitative estimate of drug-likeness (QED) is 0.826. The van der Waals surface area contributed by atoms with Crippen LogP contribution in [0.15, 0.2) is 24.5 Å². The fraction of sp³-hybridized carbons (Fsp3) is 0.615. The molecule has 1 aliphatic heterocycles. The molecule has 2 rings (SSSR count). The highest BCUT2D eigenvalue weighted by molar-refractivity contribution is 5.10. The van der Waals surface area contributed by atoms with Crippen LogP contribution in [0.4, 0.5) is 0 Å². The summed E-state index contributed by atoms with van der Waals surface area (Å²) in [4.78, 5) is 6.47. The van der Waals surface area contributed by atoms with Crippen LogP contribution < -0.4 is 0 Å². The highest BCUT2D eigenvalue weighted by Crippen LogP contribution is 2.28. The summed E-state index contributed by atoms with van der Waals surface area (Å²) in [5, 5.41) is 9.69. The number of hydrogen-bond donors (Lipinski definition) is 1. The summed E-state index contributed by atoms with van der Waals surface area (Å²) in [6.07, 6.45) is 5.28. The van der Waals surface area contributed by atoms with Gasteiger partial charge in [-0.05, 0) is 44.4 Å². The second kappa shape index (κ2) is 4.52. The second-order valence-electron chi connectivity index (χ2n) is 5.24. The van der Waals surface area contributed by atoms with E-state index in [2.05, 4.69) is 35.9 Å². The lowest BCUT2D eigenvalue weighted by Crippen LogP contribution is -2.50. The maximum absolute atomic E-state index is 9.69. The molecule has 1 aromatic heterocycles. The third-order valence-electron chi connectivity index (χ3n) is 3.45. The number of aromatic nitrogens is 1. The van der Waals surface area contributed by atoms with Gasteiger partial charge in [-0.25, -0.2) is 0 Å². The lowest BCUT2D eigenvalue weighted by atomic mass is 9.88. The van der Waals surface area contributed by atoms with E-state index in [4.69, 9.17) is 0 Å². The molecule has 0 bridgehead atoms. The first-order valence-corrected chi connectivity index (χ1v) is 5.90. The number of nitrogens with zero attached hydrogens (tertiary/aromatic N) is 2. The van der Waals surface area contributed by atoms with Crippen LogP contribution in [0.3, 0.4) is 0 Å². The van der Waals surface area contributed by atoms with Crippen molar-refractivity contribution in [2.45, 2.75) is 44.9 Å². The molecule has 2 heterocycles. The Labute approximate surface area is 97.1 Å². The fourth-order valence-electron chi connectivity index (χ4n) is 2.42. The Morgan fingerprint density at radius 1 is 1.44 bits per heavy atom. The summed E-state index contributed by atoms with van der Waals surface area (Å²) in [6, 6.07) is 4.11. The molecule has 0 aliphatic carbocycles. The Hall–Kier alpha value is -0.930. The largest absolute Gasteiger partial charge is 0.393 e. The van der Waals surface area contributed by atoms with E-state index in [1.54, 1.807) is 0 Å². The summed E-state index contributed by atoms with van der Waals surface area (Å²) in [7, 11) is 0. The van der Waals surface area contributed by atoms with Crippen LogP contribution in [-0.2, 0) is 6.54 Å². The van der Waals surface area contributed by atoms with Crippen LogP contribution in [0.25, 0.3) is 0 Å². The van der Waals surface area contributed by atoms with Crippen molar-refractivity contribution in [1.82, 2.24) is 9.88 Å². The zero-order valence-corrected chi connectivity index (χ0v) is 10.1. The van der Waals surface area contributed by atoms with Crippen LogP contribution in [0.2, 0.25) is 0 Å². The average molecular weight is 220 g/mol. The molecule has 1 atom stereocenters. The van der Waals surface area contributed by atoms with Crippen molar-refractivity contribution in [1.29, 1.82) is 0 Å². The van der Waals surface area contributed by atoms with Crippen molar-refractivity contribution in [2.24, 2.45) is 0 Å². The maximum Gasteiger partial charge on any atom is 0.0569 e. The summed E-state index contributed by atoms with van der Waals surface area (Å²) in [6.45, 7) is 6.33. The molecule has 0 spiro atoms. The minimum Gasteiger partial charge on any atom is -0.393 e. The third-order valence-corrected chi connectivity index (χ3v) is 3.45. The van der Waals surface area contributed by atoms with Gasteiger partial charge in [0.25, 0.3) is 0 Å². The van der Waals surface area contributed by atoms with Gasteiger partial charge in [0.2, 0.25) is 0 Å². The monoisotopic (exact) mass is 220 g/mol. The van der Waals surface area contributed by atoms with E-state index in [0.29, 0.717) is 0 Å². The highest BCUT2D eigenvalue weighted by Gasteiger charge is 2.33. The Morgan fingerprint density at radius 2 is 2.12 bits per heavy atom. The molecule has 1 saturated heterocycles. The van der Waals surface area contributed by atoms with E-state index >= 15 is 0 Å². The molecule has 0 saturated carbocycles. The second-order valence-corrected chi connectivity index (χ2v) is 5.24. The number of aliphatic hydroxyl groups is 1. The van der Waals surface area contributed by atoms with Crippen molar-refractivity contribution < 1.29 is 5.11 Å². The minimum atomic E-state index is -0.135. The van der Waals surface area contributed by atoms with Crippen LogP contribution in [0.1, 0.15) is 32.3 Å². The van der Waals surface area contributed by atoms with Gasteiger partial charge in [-0.2, -0.15) is 0 Å². The van der Waals surface area contributed by atoms with Gasteiger partial charge in [-0.3, -0.25) is 9.88 Å². The van der Waals surface area contributed by atoms with E-state index in [0.717, 1.165) is 25.9 Å². The van der Waals surface area contributed by atoms with Crippen LogP contribution in [-0.4, -0.2) is 33.2 Å². The van der Waals surface area contributed by atoms with Gasteiger partial charge in [0.15, 0.2) is 0 Å². The Morgan fingerprint density at radius 3 is 2.75 bits per heavy atom. The van der Waals surface area contributed by atoms with Gasteiger partial charge in [0.05, 0.1) is 6.10 Å². The van der Waals surface area contributed by atoms with E-state index in [-0.39, 0.29) is 11.6 Å². The zero-order valence-electron chi connectivity index (χ0n) is 10.1. The van der Waals surface area contributed by atoms with Gasteiger partial charge < -0.3 is 5.11 Å². The van der Waals surface area contributed by atoms with E-state index in [1.807, 2.05) is 12.4 Å². The SMILES string of the molecule is CC1(C)CC(O)CCN1Cc1ccncc1. The Balaban J connectivity index is 2.05. The highest BCUT2D eigenvalue weighted by atomic mass is 16.3. The molecule has 0 aromatic carbocycles. The Kier molecular flexibility index (Phi) is 3.26. The van der Waals surface area contributed by atoms with Gasteiger partial charge in [0, 0.05) is 31.0 Å². The molecule has 1 N–H and O–H groups in total. The van der Waals surface area contributed by atoms with Crippen molar-refractivity contribution in [3.63, 3.8) is 0 Å². The van der Waals surface area contributed by atoms with Gasteiger partial charge in [-0.1, -0.05) is 0 Å². The van der Waals surface area contributed by atoms with Crippen LogP contribution in [0.5, 0.6) is 0 Å². The first kappa shape index (κ1) is 11.6. The third kappa shape index (κ3) is 2.60. The van der Waals surface area contributed by atoms with Gasteiger partial charge in [-0.15, -0.1) is 0 Å². The molecule has 0 amide bonds. The molecule has 1 aromatic rings. The van der Waals surface area contributed by atoms with E-state index < -0.39 is 0 Å². The average Bonchev–Trinajstić information content (AvgIpc) is 2.23. The predicted octanol–water partition coefficient (Wildman–Crippen LogP) is 1.82.